The van der Waals surface area contributed by atoms with Gasteiger partial charge in [0.1, 0.15) is 58.0 Å². The summed E-state index contributed by atoms with van der Waals surface area (Å²) in [5.41, 5.74) is 2.86. The molecule has 0 bridgehead atoms. The maximum absolute atomic E-state index is 12.9. The molecule has 27 heteroatoms. The minimum Gasteiger partial charge on any atom is -0.481 e. The Hall–Kier alpha value is -9.62. The number of allylic oxidation sites excluding steroid dienone is 1. The van der Waals surface area contributed by atoms with E-state index in [1.165, 1.54) is 25.7 Å². The number of hydrogen-bond donors (Lipinski definition) is 2. The summed E-state index contributed by atoms with van der Waals surface area (Å²) in [7, 11) is 0. The summed E-state index contributed by atoms with van der Waals surface area (Å²) in [6.45, 7) is 38.4. The van der Waals surface area contributed by atoms with Crippen LogP contribution in [0.3, 0.4) is 0 Å². The molecular formula is C115H161NO26. The van der Waals surface area contributed by atoms with E-state index in [4.69, 9.17) is 95.8 Å². The second kappa shape index (κ2) is 59.7. The van der Waals surface area contributed by atoms with Crippen LogP contribution in [0.5, 0.6) is 0 Å². The van der Waals surface area contributed by atoms with Crippen molar-refractivity contribution in [3.05, 3.63) is 228 Å². The Labute approximate surface area is 842 Å². The Balaban J connectivity index is 0.000000238. The molecule has 27 nitrogen and oxygen atoms in total. The highest BCUT2D eigenvalue weighted by atomic mass is 16.8. The molecule has 0 radical (unpaired) electrons. The number of nitrogens with one attached hydrogen (secondary N) is 1. The molecule has 0 amide bonds. The van der Waals surface area contributed by atoms with Crippen molar-refractivity contribution in [2.45, 2.75) is 301 Å². The first kappa shape index (κ1) is 116. The van der Waals surface area contributed by atoms with Crippen molar-refractivity contribution in [1.82, 2.24) is 0 Å². The van der Waals surface area contributed by atoms with Crippen molar-refractivity contribution >= 4 is 47.7 Å². The van der Waals surface area contributed by atoms with E-state index in [0.29, 0.717) is 53.0 Å². The van der Waals surface area contributed by atoms with Gasteiger partial charge < -0.3 is 90.4 Å². The molecule has 30 atom stereocenters. The van der Waals surface area contributed by atoms with Crippen molar-refractivity contribution in [2.75, 3.05) is 52.9 Å². The number of aliphatic carboxylic acids is 1. The molecule has 30 unspecified atom stereocenters. The summed E-state index contributed by atoms with van der Waals surface area (Å²) < 4.78 is 112. The maximum Gasteiger partial charge on any atom is 0.338 e. The van der Waals surface area contributed by atoms with E-state index >= 15 is 0 Å². The lowest BCUT2D eigenvalue weighted by Crippen LogP contribution is -2.57. The first-order valence-electron chi connectivity index (χ1n) is 51.3. The minimum absolute atomic E-state index is 0. The lowest BCUT2D eigenvalue weighted by atomic mass is 9.78. The molecule has 0 saturated carbocycles. The average molecular weight is 1970 g/mol. The lowest BCUT2D eigenvalue weighted by molar-refractivity contribution is -0.327. The van der Waals surface area contributed by atoms with Gasteiger partial charge in [-0.05, 0) is 158 Å². The molecule has 2 N–H and O–H groups in total. The summed E-state index contributed by atoms with van der Waals surface area (Å²) in [4.78, 5) is 87.4. The number of esters is 6. The van der Waals surface area contributed by atoms with Gasteiger partial charge in [-0.1, -0.05) is 278 Å². The first-order valence-corrected chi connectivity index (χ1v) is 51.3. The molecule has 0 aromatic heterocycles. The van der Waals surface area contributed by atoms with Crippen LogP contribution in [0.15, 0.2) is 195 Å². The van der Waals surface area contributed by atoms with Crippen LogP contribution in [0.2, 0.25) is 0 Å². The van der Waals surface area contributed by atoms with E-state index in [1.807, 2.05) is 80.6 Å². The van der Waals surface area contributed by atoms with Crippen molar-refractivity contribution in [3.8, 4) is 0 Å². The molecule has 782 valence electrons. The van der Waals surface area contributed by atoms with Crippen LogP contribution in [-0.4, -0.2) is 198 Å². The number of carbonyl (C=O) groups excluding carboxylic acids is 6. The Morgan fingerprint density at radius 2 is 0.507 bits per heavy atom. The number of unbranched alkanes of at least 4 members (excludes halogenated alkanes) is 11. The number of carbonyl (C=O) groups is 7. The zero-order valence-corrected chi connectivity index (χ0v) is 85.6. The van der Waals surface area contributed by atoms with Gasteiger partial charge in [-0.25, -0.2) is 28.8 Å². The van der Waals surface area contributed by atoms with E-state index in [2.05, 4.69) is 96.6 Å². The fourth-order valence-corrected chi connectivity index (χ4v) is 18.9. The normalized spacial score (nSPS) is 30.5. The average Bonchev–Trinajstić information content (AvgIpc) is 0.787. The third-order valence-electron chi connectivity index (χ3n) is 30.0. The van der Waals surface area contributed by atoms with Gasteiger partial charge >= 0.3 is 41.8 Å². The first-order chi connectivity index (χ1) is 67.8. The molecule has 6 heterocycles. The SMILES string of the molecule is C.C=CCCCCCCCCOC1OC(COC(=O)c2ccccc2)C(OC2OC(COC(=O)c3ccccc3)C(C)C(C)C2C)C(C)C1C.CC(=N)OC1OC(COC(=O)c2ccccc2)C(OC2OC(COC(=O)c3ccccc3)C(C)C(C)C2C)C(C)C1C.CC1C(COC(=O)c2ccccc2)OC(OC2C(COC(=O)c3ccccc3)OC(OCCCCCCCCC(=O)O)C(C)C2C)C(C)C1C. The smallest absolute Gasteiger partial charge is 0.338 e. The summed E-state index contributed by atoms with van der Waals surface area (Å²) in [6, 6.07) is 53.4. The van der Waals surface area contributed by atoms with Gasteiger partial charge in [0.05, 0.1) is 70.0 Å². The van der Waals surface area contributed by atoms with Crippen molar-refractivity contribution in [2.24, 2.45) is 88.8 Å². The minimum atomic E-state index is -0.744. The lowest BCUT2D eigenvalue weighted by Gasteiger charge is -2.48. The Morgan fingerprint density at radius 1 is 0.289 bits per heavy atom. The molecule has 6 aliphatic heterocycles. The van der Waals surface area contributed by atoms with Gasteiger partial charge in [0.2, 0.25) is 6.29 Å². The zero-order valence-electron chi connectivity index (χ0n) is 85.6. The molecule has 6 saturated heterocycles. The van der Waals surface area contributed by atoms with Crippen LogP contribution in [0, 0.1) is 94.2 Å². The highest BCUT2D eigenvalue weighted by Crippen LogP contribution is 2.45. The van der Waals surface area contributed by atoms with E-state index < -0.39 is 110 Å². The number of carboxylic acid groups (broad SMARTS) is 1. The van der Waals surface area contributed by atoms with E-state index in [9.17, 15) is 33.6 Å². The predicted molar refractivity (Wildman–Crippen MR) is 540 cm³/mol. The highest BCUT2D eigenvalue weighted by molar-refractivity contribution is 5.92. The van der Waals surface area contributed by atoms with E-state index in [-0.39, 0.29) is 172 Å². The number of rotatable bonds is 45. The van der Waals surface area contributed by atoms with E-state index in [1.54, 1.807) is 128 Å². The number of carboxylic acids is 1. The molecule has 6 aliphatic rings. The monoisotopic (exact) mass is 1970 g/mol. The summed E-state index contributed by atoms with van der Waals surface area (Å²) in [6.07, 6.45) is 8.08. The maximum atomic E-state index is 12.9. The Morgan fingerprint density at radius 3 is 0.761 bits per heavy atom. The van der Waals surface area contributed by atoms with Crippen LogP contribution in [0.1, 0.15) is 270 Å². The predicted octanol–water partition coefficient (Wildman–Crippen LogP) is 22.6. The van der Waals surface area contributed by atoms with Crippen molar-refractivity contribution in [3.63, 3.8) is 0 Å². The van der Waals surface area contributed by atoms with Crippen molar-refractivity contribution < 1.29 is 124 Å². The summed E-state index contributed by atoms with van der Waals surface area (Å²) in [5, 5.41) is 16.6. The fourth-order valence-electron chi connectivity index (χ4n) is 18.9. The van der Waals surface area contributed by atoms with Crippen LogP contribution >= 0.6 is 0 Å². The summed E-state index contributed by atoms with van der Waals surface area (Å²) in [5.74, 6) is -2.17. The van der Waals surface area contributed by atoms with Gasteiger partial charge in [0, 0.05) is 62.1 Å². The van der Waals surface area contributed by atoms with Gasteiger partial charge in [-0.2, -0.15) is 0 Å². The van der Waals surface area contributed by atoms with Gasteiger partial charge in [-0.3, -0.25) is 10.2 Å². The van der Waals surface area contributed by atoms with Crippen LogP contribution in [-0.2, 0) is 90.1 Å². The number of hydrogen-bond acceptors (Lipinski definition) is 26. The molecule has 6 aromatic carbocycles. The topological polar surface area (TPSA) is 330 Å². The highest BCUT2D eigenvalue weighted by Gasteiger charge is 2.53. The van der Waals surface area contributed by atoms with Crippen LogP contribution in [0.25, 0.3) is 0 Å². The molecule has 0 spiro atoms. The molecular weight excluding hydrogens is 1810 g/mol. The standard InChI is InChI=1S/C41H58O8.C40H56O10.C33H43NO8.CH4/c1-7-8-9-10-11-12-13-20-25-44-40-32(6)30(4)37(36(48-40)27-46-39(43)34-23-18-15-19-24-34)49-41-31(5)28(2)29(3)35(47-41)26-45-38(42)33-21-16-14-17-22-33;1-26-27(2)33(24-46-37(43)31-18-12-10-13-19-31)48-40(29(26)4)50-36-28(3)30(5)39(45-23-17-9-7-6-8-16-22-35(41)42)49-34(36)25-47-38(44)32-20-14-11-15-21-32;1-19-20(2)27(17-37-30(35)25-13-9-7-10-14-25)40-33(22(19)4)42-29-21(3)23(5)32(39-24(6)34)41-28(29)18-38-31(36)26-15-11-8-12-16-26;/h7,14-19,21-24,28-32,35-37,40-41H,1,8-13,20,25-27H2,2-6H3;10-15,18-21,26-30,33-34,36,39-40H,6-9,16-17,22-25H2,1-5H3,(H,41,42);7-16,19-23,27-29,32-34H,17-18H2,1-6H3;1H4. The van der Waals surface area contributed by atoms with Gasteiger partial charge in [0.25, 0.3) is 0 Å². The summed E-state index contributed by atoms with van der Waals surface area (Å²) >= 11 is 0. The van der Waals surface area contributed by atoms with E-state index in [0.717, 1.165) is 51.4 Å². The van der Waals surface area contributed by atoms with Crippen molar-refractivity contribution in [1.29, 1.82) is 5.41 Å². The van der Waals surface area contributed by atoms with Gasteiger partial charge in [0.15, 0.2) is 37.3 Å². The number of ether oxygens (including phenoxy) is 18. The van der Waals surface area contributed by atoms with Crippen LogP contribution in [0.4, 0.5) is 0 Å². The molecule has 6 aromatic rings. The Kier molecular flexibility index (Phi) is 48.8. The fraction of sp³-hybridized carbons (Fsp3) is 0.600. The molecule has 0 aliphatic carbocycles. The third kappa shape index (κ3) is 34.5. The molecule has 6 fully saturated rings. The second-order valence-corrected chi connectivity index (χ2v) is 39.6. The Bertz CT molecular complexity index is 4710. The quantitative estimate of drug-likeness (QED) is 0.00895. The molecule has 142 heavy (non-hydrogen) atoms. The molecule has 12 rings (SSSR count). The third-order valence-corrected chi connectivity index (χ3v) is 30.0. The van der Waals surface area contributed by atoms with Gasteiger partial charge in [-0.15, -0.1) is 6.58 Å². The number of benzene rings is 6. The zero-order chi connectivity index (χ0) is 102. The second-order valence-electron chi connectivity index (χ2n) is 39.6. The largest absolute Gasteiger partial charge is 0.481 e. The van der Waals surface area contributed by atoms with Crippen LogP contribution < -0.4 is 0 Å².